The molecule has 1 N–H and O–H groups in total. The highest BCUT2D eigenvalue weighted by atomic mass is 32.1. The molecule has 0 fully saturated rings. The van der Waals surface area contributed by atoms with Crippen molar-refractivity contribution in [1.82, 2.24) is 9.88 Å². The summed E-state index contributed by atoms with van der Waals surface area (Å²) in [6.45, 7) is 5.20. The minimum absolute atomic E-state index is 0.965. The zero-order valence-corrected chi connectivity index (χ0v) is 10.5. The van der Waals surface area contributed by atoms with E-state index in [1.807, 2.05) is 0 Å². The average molecular weight is 234 g/mol. The SMILES string of the molecule is CCNCc1cccn1CCc1ccsc1. The average Bonchev–Trinajstić information content (AvgIpc) is 2.94. The van der Waals surface area contributed by atoms with Crippen molar-refractivity contribution in [1.29, 1.82) is 0 Å². The highest BCUT2D eigenvalue weighted by Gasteiger charge is 2.00. The molecule has 2 rings (SSSR count). The van der Waals surface area contributed by atoms with E-state index in [9.17, 15) is 0 Å². The van der Waals surface area contributed by atoms with Gasteiger partial charge in [0.15, 0.2) is 0 Å². The molecule has 0 amide bonds. The van der Waals surface area contributed by atoms with Gasteiger partial charge < -0.3 is 9.88 Å². The van der Waals surface area contributed by atoms with E-state index in [4.69, 9.17) is 0 Å². The zero-order valence-electron chi connectivity index (χ0n) is 9.65. The molecule has 0 unspecified atom stereocenters. The number of hydrogen-bond donors (Lipinski definition) is 1. The molecule has 0 aliphatic carbocycles. The lowest BCUT2D eigenvalue weighted by Gasteiger charge is -2.08. The maximum absolute atomic E-state index is 3.37. The molecule has 16 heavy (non-hydrogen) atoms. The summed E-state index contributed by atoms with van der Waals surface area (Å²) in [5.41, 5.74) is 2.81. The number of thiophene rings is 1. The molecule has 2 heterocycles. The van der Waals surface area contributed by atoms with Crippen LogP contribution < -0.4 is 5.32 Å². The molecule has 3 heteroatoms. The summed E-state index contributed by atoms with van der Waals surface area (Å²) in [7, 11) is 0. The van der Waals surface area contributed by atoms with Crippen molar-refractivity contribution in [2.45, 2.75) is 26.4 Å². The fourth-order valence-electron chi connectivity index (χ4n) is 1.77. The van der Waals surface area contributed by atoms with Gasteiger partial charge in [0.05, 0.1) is 0 Å². The maximum Gasteiger partial charge on any atom is 0.0359 e. The molecule has 86 valence electrons. The van der Waals surface area contributed by atoms with Crippen LogP contribution in [-0.4, -0.2) is 11.1 Å². The number of nitrogens with one attached hydrogen (secondary N) is 1. The standard InChI is InChI=1S/C13H18N2S/c1-2-14-10-13-4-3-7-15(13)8-5-12-6-9-16-11-12/h3-4,6-7,9,11,14H,2,5,8,10H2,1H3. The van der Waals surface area contributed by atoms with Crippen LogP contribution in [0.15, 0.2) is 35.2 Å². The Balaban J connectivity index is 1.91. The van der Waals surface area contributed by atoms with Crippen molar-refractivity contribution < 1.29 is 0 Å². The van der Waals surface area contributed by atoms with E-state index in [0.717, 1.165) is 26.1 Å². The summed E-state index contributed by atoms with van der Waals surface area (Å²) in [5.74, 6) is 0. The first kappa shape index (κ1) is 11.4. The van der Waals surface area contributed by atoms with Crippen LogP contribution >= 0.6 is 11.3 Å². The van der Waals surface area contributed by atoms with Crippen molar-refractivity contribution in [2.24, 2.45) is 0 Å². The molecule has 0 atom stereocenters. The van der Waals surface area contributed by atoms with Crippen LogP contribution in [0.3, 0.4) is 0 Å². The first-order valence-electron chi connectivity index (χ1n) is 5.76. The van der Waals surface area contributed by atoms with Gasteiger partial charge in [-0.3, -0.25) is 0 Å². The molecule has 0 aliphatic rings. The second kappa shape index (κ2) is 5.87. The molecule has 2 aromatic heterocycles. The molecule has 0 aromatic carbocycles. The largest absolute Gasteiger partial charge is 0.350 e. The highest BCUT2D eigenvalue weighted by Crippen LogP contribution is 2.09. The molecule has 0 saturated carbocycles. The third kappa shape index (κ3) is 2.97. The van der Waals surface area contributed by atoms with Crippen molar-refractivity contribution in [2.75, 3.05) is 6.54 Å². The van der Waals surface area contributed by atoms with Gasteiger partial charge in [-0.15, -0.1) is 0 Å². The van der Waals surface area contributed by atoms with E-state index in [0.29, 0.717) is 0 Å². The Labute approximate surface area is 101 Å². The summed E-state index contributed by atoms with van der Waals surface area (Å²) in [6.07, 6.45) is 3.29. The molecule has 0 radical (unpaired) electrons. The number of rotatable bonds is 6. The number of aryl methyl sites for hydroxylation is 2. The second-order valence-corrected chi connectivity index (χ2v) is 4.63. The van der Waals surface area contributed by atoms with Crippen molar-refractivity contribution in [3.63, 3.8) is 0 Å². The maximum atomic E-state index is 3.37. The van der Waals surface area contributed by atoms with Crippen LogP contribution in [0.25, 0.3) is 0 Å². The molecule has 2 nitrogen and oxygen atoms in total. The monoisotopic (exact) mass is 234 g/mol. The Kier molecular flexibility index (Phi) is 4.19. The molecule has 2 aromatic rings. The third-order valence-corrected chi connectivity index (χ3v) is 3.43. The van der Waals surface area contributed by atoms with Crippen molar-refractivity contribution >= 4 is 11.3 Å². The number of nitrogens with zero attached hydrogens (tertiary/aromatic N) is 1. The molecule has 0 spiro atoms. The van der Waals surface area contributed by atoms with Crippen LogP contribution in [-0.2, 0) is 19.5 Å². The molecule has 0 bridgehead atoms. The van der Waals surface area contributed by atoms with E-state index >= 15 is 0 Å². The van der Waals surface area contributed by atoms with Gasteiger partial charge in [0.25, 0.3) is 0 Å². The molecular formula is C13H18N2S. The second-order valence-electron chi connectivity index (χ2n) is 3.85. The van der Waals surface area contributed by atoms with Crippen LogP contribution in [0.4, 0.5) is 0 Å². The minimum Gasteiger partial charge on any atom is -0.350 e. The fourth-order valence-corrected chi connectivity index (χ4v) is 2.47. The smallest absolute Gasteiger partial charge is 0.0359 e. The Hall–Kier alpha value is -1.06. The predicted octanol–water partition coefficient (Wildman–Crippen LogP) is 2.90. The normalized spacial score (nSPS) is 10.8. The van der Waals surface area contributed by atoms with E-state index in [2.05, 4.69) is 52.0 Å². The van der Waals surface area contributed by atoms with Crippen LogP contribution in [0, 0.1) is 0 Å². The zero-order chi connectivity index (χ0) is 11.2. The van der Waals surface area contributed by atoms with Gasteiger partial charge in [0, 0.05) is 25.0 Å². The molecular weight excluding hydrogens is 216 g/mol. The van der Waals surface area contributed by atoms with Crippen molar-refractivity contribution in [3.05, 3.63) is 46.4 Å². The summed E-state index contributed by atoms with van der Waals surface area (Å²) in [4.78, 5) is 0. The first-order chi connectivity index (χ1) is 7.90. The Morgan fingerprint density at radius 3 is 3.06 bits per heavy atom. The Morgan fingerprint density at radius 1 is 1.38 bits per heavy atom. The van der Waals surface area contributed by atoms with Gasteiger partial charge in [-0.05, 0) is 47.5 Å². The van der Waals surface area contributed by atoms with Gasteiger partial charge >= 0.3 is 0 Å². The number of aromatic nitrogens is 1. The topological polar surface area (TPSA) is 17.0 Å². The van der Waals surface area contributed by atoms with E-state index in [1.54, 1.807) is 11.3 Å². The summed E-state index contributed by atoms with van der Waals surface area (Å²) in [5, 5.41) is 7.74. The Morgan fingerprint density at radius 2 is 2.31 bits per heavy atom. The van der Waals surface area contributed by atoms with Crippen molar-refractivity contribution in [3.8, 4) is 0 Å². The summed E-state index contributed by atoms with van der Waals surface area (Å²) >= 11 is 1.77. The number of hydrogen-bond acceptors (Lipinski definition) is 2. The minimum atomic E-state index is 0.965. The summed E-state index contributed by atoms with van der Waals surface area (Å²) < 4.78 is 2.33. The fraction of sp³-hybridized carbons (Fsp3) is 0.385. The lowest BCUT2D eigenvalue weighted by Crippen LogP contribution is -2.15. The molecule has 0 aliphatic heterocycles. The lowest BCUT2D eigenvalue weighted by atomic mass is 10.2. The van der Waals surface area contributed by atoms with E-state index in [1.165, 1.54) is 11.3 Å². The van der Waals surface area contributed by atoms with Crippen LogP contribution in [0.2, 0.25) is 0 Å². The van der Waals surface area contributed by atoms with Crippen LogP contribution in [0.1, 0.15) is 18.2 Å². The first-order valence-corrected chi connectivity index (χ1v) is 6.70. The molecule has 0 saturated heterocycles. The van der Waals surface area contributed by atoms with Gasteiger partial charge in [0.2, 0.25) is 0 Å². The predicted molar refractivity (Wildman–Crippen MR) is 69.8 cm³/mol. The van der Waals surface area contributed by atoms with Gasteiger partial charge in [-0.1, -0.05) is 6.92 Å². The van der Waals surface area contributed by atoms with Gasteiger partial charge in [-0.2, -0.15) is 11.3 Å². The quantitative estimate of drug-likeness (QED) is 0.813. The van der Waals surface area contributed by atoms with Gasteiger partial charge in [0.1, 0.15) is 0 Å². The van der Waals surface area contributed by atoms with Crippen LogP contribution in [0.5, 0.6) is 0 Å². The summed E-state index contributed by atoms with van der Waals surface area (Å²) in [6, 6.07) is 6.52. The lowest BCUT2D eigenvalue weighted by molar-refractivity contribution is 0.621. The highest BCUT2D eigenvalue weighted by molar-refractivity contribution is 7.07. The van der Waals surface area contributed by atoms with E-state index < -0.39 is 0 Å². The third-order valence-electron chi connectivity index (χ3n) is 2.70. The van der Waals surface area contributed by atoms with E-state index in [-0.39, 0.29) is 0 Å². The Bertz CT molecular complexity index is 403. The van der Waals surface area contributed by atoms with Gasteiger partial charge in [-0.25, -0.2) is 0 Å².